The molecule has 0 bridgehead atoms. The first kappa shape index (κ1) is 16.3. The monoisotopic (exact) mass is 291 g/mol. The number of rotatable bonds is 7. The predicted molar refractivity (Wildman–Crippen MR) is 86.7 cm³/mol. The van der Waals surface area contributed by atoms with Gasteiger partial charge >= 0.3 is 0 Å². The summed E-state index contributed by atoms with van der Waals surface area (Å²) in [6, 6.07) is 8.52. The Morgan fingerprint density at radius 3 is 2.62 bits per heavy atom. The van der Waals surface area contributed by atoms with Crippen molar-refractivity contribution in [1.29, 1.82) is 0 Å². The SMILES string of the molecule is CCCC1CCC(N)C(Oc2ccc(CCOC)cc2)C1. The third kappa shape index (κ3) is 5.01. The molecular formula is C18H29NO2. The lowest BCUT2D eigenvalue weighted by Crippen LogP contribution is -2.43. The van der Waals surface area contributed by atoms with Crippen molar-refractivity contribution in [3.8, 4) is 5.75 Å². The third-order valence-corrected chi connectivity index (χ3v) is 4.45. The molecule has 1 saturated carbocycles. The van der Waals surface area contributed by atoms with Gasteiger partial charge in [-0.25, -0.2) is 0 Å². The second kappa shape index (κ2) is 8.40. The van der Waals surface area contributed by atoms with Crippen LogP contribution in [0.1, 0.15) is 44.6 Å². The lowest BCUT2D eigenvalue weighted by molar-refractivity contribution is 0.0993. The standard InChI is InChI=1S/C18H29NO2/c1-3-4-15-7-10-17(19)18(13-15)21-16-8-5-14(6-9-16)11-12-20-2/h5-6,8-9,15,17-18H,3-4,7,10-13,19H2,1-2H3. The van der Waals surface area contributed by atoms with E-state index in [0.29, 0.717) is 0 Å². The molecule has 2 rings (SSSR count). The maximum atomic E-state index is 6.24. The maximum Gasteiger partial charge on any atom is 0.119 e. The Kier molecular flexibility index (Phi) is 6.52. The molecule has 0 saturated heterocycles. The van der Waals surface area contributed by atoms with Crippen LogP contribution in [-0.4, -0.2) is 25.9 Å². The van der Waals surface area contributed by atoms with E-state index in [-0.39, 0.29) is 12.1 Å². The van der Waals surface area contributed by atoms with Crippen LogP contribution in [-0.2, 0) is 11.2 Å². The average molecular weight is 291 g/mol. The van der Waals surface area contributed by atoms with Gasteiger partial charge in [-0.1, -0.05) is 31.9 Å². The normalized spacial score (nSPS) is 25.8. The van der Waals surface area contributed by atoms with Crippen LogP contribution in [0.25, 0.3) is 0 Å². The lowest BCUT2D eigenvalue weighted by Gasteiger charge is -2.34. The van der Waals surface area contributed by atoms with E-state index < -0.39 is 0 Å². The first-order valence-corrected chi connectivity index (χ1v) is 8.23. The van der Waals surface area contributed by atoms with E-state index in [9.17, 15) is 0 Å². The van der Waals surface area contributed by atoms with Crippen molar-refractivity contribution in [1.82, 2.24) is 0 Å². The smallest absolute Gasteiger partial charge is 0.119 e. The third-order valence-electron chi connectivity index (χ3n) is 4.45. The number of methoxy groups -OCH3 is 1. The van der Waals surface area contributed by atoms with Crippen LogP contribution in [0.2, 0.25) is 0 Å². The Morgan fingerprint density at radius 2 is 1.95 bits per heavy atom. The van der Waals surface area contributed by atoms with Gasteiger partial charge in [0.25, 0.3) is 0 Å². The van der Waals surface area contributed by atoms with E-state index in [2.05, 4.69) is 31.2 Å². The molecule has 2 N–H and O–H groups in total. The average Bonchev–Trinajstić information content (AvgIpc) is 2.50. The Bertz CT molecular complexity index is 404. The predicted octanol–water partition coefficient (Wildman–Crippen LogP) is 3.55. The van der Waals surface area contributed by atoms with E-state index in [1.807, 2.05) is 0 Å². The van der Waals surface area contributed by atoms with Crippen molar-refractivity contribution >= 4 is 0 Å². The molecule has 0 aliphatic heterocycles. The molecule has 3 nitrogen and oxygen atoms in total. The van der Waals surface area contributed by atoms with Gasteiger partial charge in [0.1, 0.15) is 11.9 Å². The molecule has 1 aliphatic rings. The highest BCUT2D eigenvalue weighted by Gasteiger charge is 2.29. The first-order valence-electron chi connectivity index (χ1n) is 8.23. The minimum Gasteiger partial charge on any atom is -0.489 e. The highest BCUT2D eigenvalue weighted by molar-refractivity contribution is 5.27. The van der Waals surface area contributed by atoms with E-state index in [1.54, 1.807) is 7.11 Å². The molecule has 3 unspecified atom stereocenters. The second-order valence-corrected chi connectivity index (χ2v) is 6.17. The van der Waals surface area contributed by atoms with Crippen molar-refractivity contribution in [2.45, 2.75) is 57.6 Å². The van der Waals surface area contributed by atoms with Crippen LogP contribution in [0.3, 0.4) is 0 Å². The molecule has 1 aromatic rings. The van der Waals surface area contributed by atoms with Crippen molar-refractivity contribution < 1.29 is 9.47 Å². The molecule has 0 radical (unpaired) electrons. The molecule has 0 heterocycles. The maximum absolute atomic E-state index is 6.24. The van der Waals surface area contributed by atoms with Gasteiger partial charge in [-0.15, -0.1) is 0 Å². The van der Waals surface area contributed by atoms with E-state index in [0.717, 1.165) is 37.5 Å². The molecule has 118 valence electrons. The number of ether oxygens (including phenoxy) is 2. The highest BCUT2D eigenvalue weighted by atomic mass is 16.5. The fourth-order valence-electron chi connectivity index (χ4n) is 3.17. The molecule has 1 aliphatic carbocycles. The summed E-state index contributed by atoms with van der Waals surface area (Å²) in [5.74, 6) is 1.72. The Hall–Kier alpha value is -1.06. The molecule has 3 atom stereocenters. The summed E-state index contributed by atoms with van der Waals surface area (Å²) in [5, 5.41) is 0. The summed E-state index contributed by atoms with van der Waals surface area (Å²) >= 11 is 0. The van der Waals surface area contributed by atoms with E-state index >= 15 is 0 Å². The van der Waals surface area contributed by atoms with E-state index in [4.69, 9.17) is 15.2 Å². The molecular weight excluding hydrogens is 262 g/mol. The Balaban J connectivity index is 1.89. The summed E-state index contributed by atoms with van der Waals surface area (Å²) in [5.41, 5.74) is 7.52. The van der Waals surface area contributed by atoms with Crippen LogP contribution < -0.4 is 10.5 Å². The summed E-state index contributed by atoms with van der Waals surface area (Å²) in [6.45, 7) is 3.01. The summed E-state index contributed by atoms with van der Waals surface area (Å²) in [7, 11) is 1.73. The largest absolute Gasteiger partial charge is 0.489 e. The van der Waals surface area contributed by atoms with Crippen LogP contribution in [0.15, 0.2) is 24.3 Å². The van der Waals surface area contributed by atoms with Gasteiger partial charge < -0.3 is 15.2 Å². The van der Waals surface area contributed by atoms with Crippen LogP contribution in [0, 0.1) is 5.92 Å². The van der Waals surface area contributed by atoms with Crippen LogP contribution in [0.4, 0.5) is 0 Å². The van der Waals surface area contributed by atoms with Gasteiger partial charge in [-0.2, -0.15) is 0 Å². The molecule has 21 heavy (non-hydrogen) atoms. The van der Waals surface area contributed by atoms with Crippen LogP contribution >= 0.6 is 0 Å². The minimum absolute atomic E-state index is 0.167. The molecule has 3 heteroatoms. The molecule has 0 spiro atoms. The van der Waals surface area contributed by atoms with Crippen molar-refractivity contribution in [3.63, 3.8) is 0 Å². The number of hydrogen-bond acceptors (Lipinski definition) is 3. The lowest BCUT2D eigenvalue weighted by atomic mass is 9.82. The van der Waals surface area contributed by atoms with Crippen molar-refractivity contribution in [2.75, 3.05) is 13.7 Å². The zero-order valence-electron chi connectivity index (χ0n) is 13.4. The number of nitrogens with two attached hydrogens (primary N) is 1. The highest BCUT2D eigenvalue weighted by Crippen LogP contribution is 2.30. The zero-order chi connectivity index (χ0) is 15.1. The van der Waals surface area contributed by atoms with Gasteiger partial charge in [0.2, 0.25) is 0 Å². The topological polar surface area (TPSA) is 44.5 Å². The van der Waals surface area contributed by atoms with Gasteiger partial charge in [0.05, 0.1) is 6.61 Å². The summed E-state index contributed by atoms with van der Waals surface area (Å²) in [4.78, 5) is 0. The van der Waals surface area contributed by atoms with Crippen molar-refractivity contribution in [2.24, 2.45) is 11.7 Å². The summed E-state index contributed by atoms with van der Waals surface area (Å²) < 4.78 is 11.2. The van der Waals surface area contributed by atoms with Gasteiger partial charge in [-0.05, 0) is 49.3 Å². The fourth-order valence-corrected chi connectivity index (χ4v) is 3.17. The molecule has 0 aromatic heterocycles. The van der Waals surface area contributed by atoms with Crippen molar-refractivity contribution in [3.05, 3.63) is 29.8 Å². The zero-order valence-corrected chi connectivity index (χ0v) is 13.4. The summed E-state index contributed by atoms with van der Waals surface area (Å²) in [6.07, 6.45) is 7.09. The fraction of sp³-hybridized carbons (Fsp3) is 0.667. The van der Waals surface area contributed by atoms with E-state index in [1.165, 1.54) is 24.8 Å². The molecule has 0 amide bonds. The van der Waals surface area contributed by atoms with Gasteiger partial charge in [0.15, 0.2) is 0 Å². The first-order chi connectivity index (χ1) is 10.2. The minimum atomic E-state index is 0.167. The molecule has 1 aromatic carbocycles. The quantitative estimate of drug-likeness (QED) is 0.835. The molecule has 1 fully saturated rings. The number of hydrogen-bond donors (Lipinski definition) is 1. The number of benzene rings is 1. The second-order valence-electron chi connectivity index (χ2n) is 6.17. The van der Waals surface area contributed by atoms with Gasteiger partial charge in [-0.3, -0.25) is 0 Å². The Morgan fingerprint density at radius 1 is 1.19 bits per heavy atom. The van der Waals surface area contributed by atoms with Gasteiger partial charge in [0, 0.05) is 13.2 Å². The van der Waals surface area contributed by atoms with Crippen LogP contribution in [0.5, 0.6) is 5.75 Å². The Labute approximate surface area is 128 Å².